The van der Waals surface area contributed by atoms with Crippen LogP contribution in [0.2, 0.25) is 0 Å². The van der Waals surface area contributed by atoms with E-state index in [9.17, 15) is 9.59 Å². The van der Waals surface area contributed by atoms with Crippen LogP contribution in [-0.4, -0.2) is 35.8 Å². The van der Waals surface area contributed by atoms with E-state index in [0.29, 0.717) is 26.1 Å². The first-order valence-electron chi connectivity index (χ1n) is 16.0. The van der Waals surface area contributed by atoms with Gasteiger partial charge in [-0.2, -0.15) is 0 Å². The van der Waals surface area contributed by atoms with Crippen LogP contribution in [0.15, 0.2) is 0 Å². The first-order chi connectivity index (χ1) is 18.6. The van der Waals surface area contributed by atoms with Gasteiger partial charge < -0.3 is 9.47 Å². The quantitative estimate of drug-likeness (QED) is 0.0472. The lowest BCUT2D eigenvalue weighted by molar-refractivity contribution is -0.144. The average Bonchev–Trinajstić information content (AvgIpc) is 2.92. The summed E-state index contributed by atoms with van der Waals surface area (Å²) in [7, 11) is 0. The molecule has 0 atom stereocenters. The van der Waals surface area contributed by atoms with Crippen molar-refractivity contribution in [2.75, 3.05) is 23.9 Å². The zero-order valence-corrected chi connectivity index (χ0v) is 28.4. The minimum atomic E-state index is -0.00551. The standard InChI is InChI=1S/2C16H31BrO2/c2*1-2-3-4-5-6-7-10-13-16(18)19-15-12-9-8-11-14-17/h2*2-15H2,1H3. The van der Waals surface area contributed by atoms with Crippen LogP contribution in [0.4, 0.5) is 0 Å². The molecule has 0 aliphatic heterocycles. The fourth-order valence-corrected chi connectivity index (χ4v) is 4.86. The van der Waals surface area contributed by atoms with E-state index < -0.39 is 0 Å². The first kappa shape index (κ1) is 40.0. The number of rotatable bonds is 28. The second kappa shape index (κ2) is 36.9. The number of carbonyl (C=O) groups excluding carboxylic acids is 2. The van der Waals surface area contributed by atoms with Gasteiger partial charge in [-0.25, -0.2) is 0 Å². The average molecular weight is 671 g/mol. The predicted octanol–water partition coefficient (Wildman–Crippen LogP) is 11.3. The van der Waals surface area contributed by atoms with Crippen molar-refractivity contribution in [1.29, 1.82) is 0 Å². The highest BCUT2D eigenvalue weighted by molar-refractivity contribution is 9.09. The Morgan fingerprint density at radius 1 is 0.421 bits per heavy atom. The van der Waals surface area contributed by atoms with Gasteiger partial charge in [0.15, 0.2) is 0 Å². The highest BCUT2D eigenvalue weighted by Crippen LogP contribution is 2.10. The highest BCUT2D eigenvalue weighted by atomic mass is 79.9. The molecule has 0 heterocycles. The summed E-state index contributed by atoms with van der Waals surface area (Å²) in [6, 6.07) is 0. The summed E-state index contributed by atoms with van der Waals surface area (Å²) in [4.78, 5) is 22.9. The van der Waals surface area contributed by atoms with E-state index in [4.69, 9.17) is 9.47 Å². The highest BCUT2D eigenvalue weighted by Gasteiger charge is 2.03. The van der Waals surface area contributed by atoms with Gasteiger partial charge in [0.05, 0.1) is 13.2 Å². The summed E-state index contributed by atoms with van der Waals surface area (Å²) in [5.41, 5.74) is 0. The van der Waals surface area contributed by atoms with Crippen molar-refractivity contribution < 1.29 is 19.1 Å². The van der Waals surface area contributed by atoms with Gasteiger partial charge in [-0.15, -0.1) is 0 Å². The van der Waals surface area contributed by atoms with E-state index in [1.54, 1.807) is 0 Å². The van der Waals surface area contributed by atoms with E-state index in [-0.39, 0.29) is 11.9 Å². The monoisotopic (exact) mass is 668 g/mol. The van der Waals surface area contributed by atoms with Crippen molar-refractivity contribution in [3.8, 4) is 0 Å². The summed E-state index contributed by atoms with van der Waals surface area (Å²) < 4.78 is 10.4. The molecule has 0 rings (SSSR count). The van der Waals surface area contributed by atoms with Crippen LogP contribution in [0.25, 0.3) is 0 Å². The third kappa shape index (κ3) is 38.0. The third-order valence-electron chi connectivity index (χ3n) is 6.55. The zero-order chi connectivity index (χ0) is 28.4. The molecule has 38 heavy (non-hydrogen) atoms. The van der Waals surface area contributed by atoms with Crippen LogP contribution in [0.3, 0.4) is 0 Å². The molecule has 228 valence electrons. The molecule has 0 bridgehead atoms. The van der Waals surface area contributed by atoms with E-state index in [2.05, 4.69) is 45.7 Å². The molecule has 0 N–H and O–H groups in total. The number of hydrogen-bond acceptors (Lipinski definition) is 4. The minimum Gasteiger partial charge on any atom is -0.466 e. The molecule has 6 heteroatoms. The number of carbonyl (C=O) groups is 2. The smallest absolute Gasteiger partial charge is 0.305 e. The Morgan fingerprint density at radius 2 is 0.711 bits per heavy atom. The normalized spacial score (nSPS) is 10.6. The Bertz CT molecular complexity index is 432. The van der Waals surface area contributed by atoms with Gasteiger partial charge in [0.25, 0.3) is 0 Å². The number of ether oxygens (including phenoxy) is 2. The molecule has 0 aromatic carbocycles. The number of unbranched alkanes of at least 4 members (excludes halogenated alkanes) is 18. The summed E-state index contributed by atoms with van der Waals surface area (Å²) >= 11 is 6.82. The summed E-state index contributed by atoms with van der Waals surface area (Å²) in [5.74, 6) is -0.0110. The SMILES string of the molecule is CCCCCCCCCC(=O)OCCCCCCBr.CCCCCCCCCC(=O)OCCCCCCBr. The van der Waals surface area contributed by atoms with E-state index in [0.717, 1.165) is 49.2 Å². The molecule has 0 spiro atoms. The lowest BCUT2D eigenvalue weighted by Gasteiger charge is -2.05. The second-order valence-corrected chi connectivity index (χ2v) is 12.0. The zero-order valence-electron chi connectivity index (χ0n) is 25.2. The maximum atomic E-state index is 11.4. The molecule has 0 saturated heterocycles. The van der Waals surface area contributed by atoms with Gasteiger partial charge >= 0.3 is 11.9 Å². The topological polar surface area (TPSA) is 52.6 Å². The largest absolute Gasteiger partial charge is 0.466 e. The maximum absolute atomic E-state index is 11.4. The lowest BCUT2D eigenvalue weighted by atomic mass is 10.1. The van der Waals surface area contributed by atoms with Crippen molar-refractivity contribution in [2.24, 2.45) is 0 Å². The van der Waals surface area contributed by atoms with Gasteiger partial charge in [-0.3, -0.25) is 9.59 Å². The van der Waals surface area contributed by atoms with Crippen molar-refractivity contribution in [3.05, 3.63) is 0 Å². The molecular weight excluding hydrogens is 608 g/mol. The van der Waals surface area contributed by atoms with E-state index >= 15 is 0 Å². The van der Waals surface area contributed by atoms with Crippen LogP contribution < -0.4 is 0 Å². The molecule has 0 unspecified atom stereocenters. The van der Waals surface area contributed by atoms with Gasteiger partial charge in [0.1, 0.15) is 0 Å². The fourth-order valence-electron chi connectivity index (χ4n) is 4.07. The molecule has 0 aromatic heterocycles. The molecule has 0 fully saturated rings. The number of alkyl halides is 2. The lowest BCUT2D eigenvalue weighted by Crippen LogP contribution is -2.05. The van der Waals surface area contributed by atoms with Crippen LogP contribution in [0, 0.1) is 0 Å². The van der Waals surface area contributed by atoms with Gasteiger partial charge in [-0.1, -0.05) is 148 Å². The molecule has 0 aliphatic rings. The molecule has 0 aliphatic carbocycles. The third-order valence-corrected chi connectivity index (χ3v) is 7.67. The molecule has 0 radical (unpaired) electrons. The van der Waals surface area contributed by atoms with Crippen molar-refractivity contribution in [1.82, 2.24) is 0 Å². The first-order valence-corrected chi connectivity index (χ1v) is 18.3. The molecule has 0 saturated carbocycles. The Balaban J connectivity index is 0. The Kier molecular flexibility index (Phi) is 38.9. The van der Waals surface area contributed by atoms with Crippen molar-refractivity contribution in [2.45, 2.75) is 168 Å². The Labute approximate surface area is 253 Å². The van der Waals surface area contributed by atoms with Crippen LogP contribution in [-0.2, 0) is 19.1 Å². The molecule has 0 aromatic rings. The number of esters is 2. The minimum absolute atomic E-state index is 0.00551. The summed E-state index contributed by atoms with van der Waals surface area (Å²) in [5, 5.41) is 2.15. The predicted molar refractivity (Wildman–Crippen MR) is 172 cm³/mol. The van der Waals surface area contributed by atoms with Gasteiger partial charge in [0.2, 0.25) is 0 Å². The Morgan fingerprint density at radius 3 is 1.05 bits per heavy atom. The van der Waals surface area contributed by atoms with Crippen LogP contribution in [0.1, 0.15) is 168 Å². The maximum Gasteiger partial charge on any atom is 0.305 e. The van der Waals surface area contributed by atoms with Crippen molar-refractivity contribution in [3.63, 3.8) is 0 Å². The summed E-state index contributed by atoms with van der Waals surface area (Å²) in [6.07, 6.45) is 27.9. The molecular formula is C32H62Br2O4. The summed E-state index contributed by atoms with van der Waals surface area (Å²) in [6.45, 7) is 5.68. The molecule has 4 nitrogen and oxygen atoms in total. The number of halogens is 2. The van der Waals surface area contributed by atoms with Crippen molar-refractivity contribution >= 4 is 43.8 Å². The van der Waals surface area contributed by atoms with Gasteiger partial charge in [-0.05, 0) is 38.5 Å². The van der Waals surface area contributed by atoms with E-state index in [1.165, 1.54) is 103 Å². The Hall–Kier alpha value is -0.100. The fraction of sp³-hybridized carbons (Fsp3) is 0.938. The molecule has 0 amide bonds. The van der Waals surface area contributed by atoms with Gasteiger partial charge in [0, 0.05) is 23.5 Å². The number of hydrogen-bond donors (Lipinski definition) is 0. The van der Waals surface area contributed by atoms with Crippen LogP contribution in [0.5, 0.6) is 0 Å². The van der Waals surface area contributed by atoms with E-state index in [1.807, 2.05) is 0 Å². The van der Waals surface area contributed by atoms with Crippen LogP contribution >= 0.6 is 31.9 Å². The second-order valence-electron chi connectivity index (χ2n) is 10.4.